The Labute approximate surface area is 201 Å². The summed E-state index contributed by atoms with van der Waals surface area (Å²) in [5, 5.41) is 5.79. The van der Waals surface area contributed by atoms with Crippen molar-refractivity contribution in [2.24, 2.45) is 0 Å². The third kappa shape index (κ3) is 6.91. The molecule has 0 saturated heterocycles. The molecule has 3 aromatic rings. The average Bonchev–Trinajstić information content (AvgIpc) is 2.80. The van der Waals surface area contributed by atoms with Crippen LogP contribution in [0.5, 0.6) is 0 Å². The van der Waals surface area contributed by atoms with Gasteiger partial charge in [-0.2, -0.15) is 0 Å². The number of nitrogens with one attached hydrogen (secondary N) is 2. The zero-order valence-corrected chi connectivity index (χ0v) is 20.2. The maximum Gasteiger partial charge on any atom is 0.326 e. The van der Waals surface area contributed by atoms with Gasteiger partial charge in [-0.25, -0.2) is 9.18 Å². The molecule has 0 bridgehead atoms. The molecular weight excluding hydrogens is 429 g/mol. The van der Waals surface area contributed by atoms with E-state index in [-0.39, 0.29) is 23.2 Å². The van der Waals surface area contributed by atoms with E-state index in [0.717, 1.165) is 5.56 Å². The fraction of sp³-hybridized carbons (Fsp3) is 0.286. The Bertz CT molecular complexity index is 1100. The second-order valence-electron chi connectivity index (χ2n) is 9.36. The molecule has 3 amide bonds. The zero-order valence-electron chi connectivity index (χ0n) is 20.2. The summed E-state index contributed by atoms with van der Waals surface area (Å²) in [6.45, 7) is 9.11. The fourth-order valence-electron chi connectivity index (χ4n) is 3.46. The van der Waals surface area contributed by atoms with E-state index in [2.05, 4.69) is 31.4 Å². The molecule has 178 valence electrons. The zero-order chi connectivity index (χ0) is 24.7. The Kier molecular flexibility index (Phi) is 8.05. The number of benzene rings is 3. The van der Waals surface area contributed by atoms with Crippen LogP contribution in [-0.4, -0.2) is 25.0 Å². The van der Waals surface area contributed by atoms with Crippen LogP contribution in [0.15, 0.2) is 72.8 Å². The van der Waals surface area contributed by atoms with Gasteiger partial charge in [0, 0.05) is 30.0 Å². The van der Waals surface area contributed by atoms with E-state index < -0.39 is 0 Å². The number of carbonyl (C=O) groups excluding carboxylic acids is 2. The molecular formula is C28H32FN3O2. The number of anilines is 2. The normalized spacial score (nSPS) is 11.1. The largest absolute Gasteiger partial charge is 0.352 e. The van der Waals surface area contributed by atoms with Gasteiger partial charge in [0.05, 0.1) is 0 Å². The van der Waals surface area contributed by atoms with Crippen molar-refractivity contribution >= 4 is 23.3 Å². The molecule has 0 saturated carbocycles. The van der Waals surface area contributed by atoms with Crippen molar-refractivity contribution in [3.63, 3.8) is 0 Å². The number of aryl methyl sites for hydroxylation is 1. The molecule has 0 heterocycles. The van der Waals surface area contributed by atoms with Crippen molar-refractivity contribution in [2.75, 3.05) is 23.3 Å². The SMILES string of the molecule is Cc1ccc(NC(=O)N(CCCNC(=O)c2ccc(C(C)(C)C)cc2)c2ccc(F)cc2)cc1. The summed E-state index contributed by atoms with van der Waals surface area (Å²) in [5.74, 6) is -0.523. The molecule has 0 aromatic heterocycles. The molecule has 2 N–H and O–H groups in total. The van der Waals surface area contributed by atoms with E-state index in [1.165, 1.54) is 17.7 Å². The lowest BCUT2D eigenvalue weighted by molar-refractivity contribution is 0.0953. The van der Waals surface area contributed by atoms with E-state index in [1.54, 1.807) is 17.0 Å². The predicted molar refractivity (Wildman–Crippen MR) is 136 cm³/mol. The van der Waals surface area contributed by atoms with Gasteiger partial charge in [0.15, 0.2) is 0 Å². The van der Waals surface area contributed by atoms with Crippen molar-refractivity contribution < 1.29 is 14.0 Å². The van der Waals surface area contributed by atoms with Crippen molar-refractivity contribution in [3.8, 4) is 0 Å². The van der Waals surface area contributed by atoms with Crippen molar-refractivity contribution in [2.45, 2.75) is 39.5 Å². The molecule has 3 rings (SSSR count). The lowest BCUT2D eigenvalue weighted by Gasteiger charge is -2.23. The quantitative estimate of drug-likeness (QED) is 0.406. The van der Waals surface area contributed by atoms with E-state index in [4.69, 9.17) is 0 Å². The van der Waals surface area contributed by atoms with Crippen LogP contribution in [0.25, 0.3) is 0 Å². The monoisotopic (exact) mass is 461 g/mol. The number of urea groups is 1. The third-order valence-electron chi connectivity index (χ3n) is 5.54. The highest BCUT2D eigenvalue weighted by atomic mass is 19.1. The molecule has 0 aliphatic rings. The maximum atomic E-state index is 13.4. The van der Waals surface area contributed by atoms with Gasteiger partial charge in [0.25, 0.3) is 5.91 Å². The Balaban J connectivity index is 1.60. The smallest absolute Gasteiger partial charge is 0.326 e. The van der Waals surface area contributed by atoms with Gasteiger partial charge >= 0.3 is 6.03 Å². The summed E-state index contributed by atoms with van der Waals surface area (Å²) in [4.78, 5) is 27.0. The maximum absolute atomic E-state index is 13.4. The molecule has 0 aliphatic carbocycles. The van der Waals surface area contributed by atoms with Crippen molar-refractivity contribution in [1.29, 1.82) is 0 Å². The summed E-state index contributed by atoms with van der Waals surface area (Å²) in [6, 6.07) is 20.6. The number of carbonyl (C=O) groups is 2. The molecule has 0 fully saturated rings. The van der Waals surface area contributed by atoms with Crippen molar-refractivity contribution in [1.82, 2.24) is 5.32 Å². The number of rotatable bonds is 7. The predicted octanol–water partition coefficient (Wildman–Crippen LogP) is 6.29. The first kappa shape index (κ1) is 25.0. The molecule has 34 heavy (non-hydrogen) atoms. The Morgan fingerprint density at radius 1 is 0.882 bits per heavy atom. The molecule has 0 spiro atoms. The molecule has 0 aliphatic heterocycles. The van der Waals surface area contributed by atoms with Gasteiger partial charge in [-0.05, 0) is 72.9 Å². The number of nitrogens with zero attached hydrogens (tertiary/aromatic N) is 1. The standard InChI is InChI=1S/C28H32FN3O2/c1-20-6-14-24(15-7-20)31-27(34)32(25-16-12-23(29)13-17-25)19-5-18-30-26(33)21-8-10-22(11-9-21)28(2,3)4/h6-17H,5,18-19H2,1-4H3,(H,30,33)(H,31,34). The molecule has 0 radical (unpaired) electrons. The van der Waals surface area contributed by atoms with Gasteiger partial charge in [-0.15, -0.1) is 0 Å². The second-order valence-corrected chi connectivity index (χ2v) is 9.36. The number of halogens is 1. The first-order valence-corrected chi connectivity index (χ1v) is 11.4. The van der Waals surface area contributed by atoms with Crippen LogP contribution in [0.3, 0.4) is 0 Å². The number of hydrogen-bond donors (Lipinski definition) is 2. The molecule has 3 aromatic carbocycles. The van der Waals surface area contributed by atoms with E-state index in [9.17, 15) is 14.0 Å². The van der Waals surface area contributed by atoms with Gasteiger partial charge in [0.2, 0.25) is 0 Å². The van der Waals surface area contributed by atoms with Crippen LogP contribution in [0.1, 0.15) is 48.7 Å². The van der Waals surface area contributed by atoms with Crippen LogP contribution in [-0.2, 0) is 5.41 Å². The Morgan fingerprint density at radius 2 is 1.50 bits per heavy atom. The van der Waals surface area contributed by atoms with E-state index >= 15 is 0 Å². The summed E-state index contributed by atoms with van der Waals surface area (Å²) < 4.78 is 13.4. The second kappa shape index (κ2) is 11.0. The highest BCUT2D eigenvalue weighted by Crippen LogP contribution is 2.22. The van der Waals surface area contributed by atoms with Crippen LogP contribution in [0.4, 0.5) is 20.6 Å². The molecule has 5 nitrogen and oxygen atoms in total. The summed E-state index contributed by atoms with van der Waals surface area (Å²) in [6.07, 6.45) is 0.532. The number of hydrogen-bond acceptors (Lipinski definition) is 2. The highest BCUT2D eigenvalue weighted by molar-refractivity contribution is 6.01. The topological polar surface area (TPSA) is 61.4 Å². The fourth-order valence-corrected chi connectivity index (χ4v) is 3.46. The van der Waals surface area contributed by atoms with Crippen LogP contribution >= 0.6 is 0 Å². The lowest BCUT2D eigenvalue weighted by Crippen LogP contribution is -2.37. The van der Waals surface area contributed by atoms with E-state index in [0.29, 0.717) is 36.4 Å². The van der Waals surface area contributed by atoms with Gasteiger partial charge < -0.3 is 10.6 Å². The summed E-state index contributed by atoms with van der Waals surface area (Å²) >= 11 is 0. The summed E-state index contributed by atoms with van der Waals surface area (Å²) in [5.41, 5.74) is 4.14. The van der Waals surface area contributed by atoms with Crippen molar-refractivity contribution in [3.05, 3.63) is 95.3 Å². The Morgan fingerprint density at radius 3 is 2.09 bits per heavy atom. The van der Waals surface area contributed by atoms with Gasteiger partial charge in [-0.3, -0.25) is 9.69 Å². The molecule has 6 heteroatoms. The lowest BCUT2D eigenvalue weighted by atomic mass is 9.87. The highest BCUT2D eigenvalue weighted by Gasteiger charge is 2.17. The first-order chi connectivity index (χ1) is 16.1. The minimum absolute atomic E-state index is 0.0258. The van der Waals surface area contributed by atoms with Crippen LogP contribution in [0, 0.1) is 12.7 Å². The average molecular weight is 462 g/mol. The first-order valence-electron chi connectivity index (χ1n) is 11.4. The van der Waals surface area contributed by atoms with Gasteiger partial charge in [-0.1, -0.05) is 50.6 Å². The number of amides is 3. The summed E-state index contributed by atoms with van der Waals surface area (Å²) in [7, 11) is 0. The van der Waals surface area contributed by atoms with Gasteiger partial charge in [0.1, 0.15) is 5.82 Å². The minimum atomic E-state index is -0.368. The van der Waals surface area contributed by atoms with Crippen LogP contribution < -0.4 is 15.5 Å². The molecule has 0 atom stereocenters. The van der Waals surface area contributed by atoms with Crippen LogP contribution in [0.2, 0.25) is 0 Å². The third-order valence-corrected chi connectivity index (χ3v) is 5.54. The minimum Gasteiger partial charge on any atom is -0.352 e. The Hall–Kier alpha value is -3.67. The van der Waals surface area contributed by atoms with E-state index in [1.807, 2.05) is 55.5 Å². The molecule has 0 unspecified atom stereocenters.